The van der Waals surface area contributed by atoms with Gasteiger partial charge in [-0.15, -0.1) is 21.5 Å². The van der Waals surface area contributed by atoms with E-state index in [0.29, 0.717) is 37.5 Å². The van der Waals surface area contributed by atoms with Crippen LogP contribution in [0.15, 0.2) is 11.7 Å². The van der Waals surface area contributed by atoms with Crippen molar-refractivity contribution in [3.05, 3.63) is 28.2 Å². The van der Waals surface area contributed by atoms with E-state index in [1.54, 1.807) is 6.33 Å². The molecular formula is C16H18F3N5OS. The highest BCUT2D eigenvalue weighted by Gasteiger charge is 2.36. The number of nitrogens with zero attached hydrogens (tertiary/aromatic N) is 5. The number of hydrogen-bond donors (Lipinski definition) is 0. The number of halogens is 3. The van der Waals surface area contributed by atoms with Crippen molar-refractivity contribution < 1.29 is 18.0 Å². The molecule has 6 nitrogen and oxygen atoms in total. The van der Waals surface area contributed by atoms with E-state index >= 15 is 0 Å². The highest BCUT2D eigenvalue weighted by molar-refractivity contribution is 7.09. The van der Waals surface area contributed by atoms with E-state index in [2.05, 4.69) is 15.2 Å². The van der Waals surface area contributed by atoms with Crippen molar-refractivity contribution in [3.63, 3.8) is 0 Å². The van der Waals surface area contributed by atoms with Gasteiger partial charge in [-0.2, -0.15) is 13.2 Å². The molecule has 2 aliphatic heterocycles. The molecule has 10 heteroatoms. The topological polar surface area (TPSA) is 63.9 Å². The molecule has 0 bridgehead atoms. The molecule has 0 radical (unpaired) electrons. The van der Waals surface area contributed by atoms with Crippen LogP contribution in [0.3, 0.4) is 0 Å². The maximum absolute atomic E-state index is 12.8. The van der Waals surface area contributed by atoms with E-state index in [0.717, 1.165) is 35.4 Å². The van der Waals surface area contributed by atoms with E-state index in [4.69, 9.17) is 0 Å². The molecule has 0 spiro atoms. The Bertz CT molecular complexity index is 794. The molecule has 2 aromatic rings. The Morgan fingerprint density at radius 1 is 1.23 bits per heavy atom. The molecule has 1 atom stereocenters. The van der Waals surface area contributed by atoms with Crippen LogP contribution >= 0.6 is 11.3 Å². The van der Waals surface area contributed by atoms with E-state index in [1.165, 1.54) is 0 Å². The summed E-state index contributed by atoms with van der Waals surface area (Å²) in [6, 6.07) is 0. The smallest absolute Gasteiger partial charge is 0.342 e. The third kappa shape index (κ3) is 3.34. The number of alkyl halides is 3. The minimum absolute atomic E-state index is 0.00374. The molecule has 0 unspecified atom stereocenters. The van der Waals surface area contributed by atoms with E-state index in [9.17, 15) is 18.0 Å². The first-order chi connectivity index (χ1) is 12.4. The van der Waals surface area contributed by atoms with Crippen molar-refractivity contribution in [3.8, 4) is 0 Å². The molecule has 1 fully saturated rings. The number of amides is 1. The third-order valence-corrected chi connectivity index (χ3v) is 6.15. The molecule has 0 N–H and O–H groups in total. The summed E-state index contributed by atoms with van der Waals surface area (Å²) >= 11 is 1.06. The minimum Gasteiger partial charge on any atom is -0.342 e. The Hall–Kier alpha value is -1.97. The van der Waals surface area contributed by atoms with Crippen LogP contribution in [0, 0.1) is 5.92 Å². The summed E-state index contributed by atoms with van der Waals surface area (Å²) in [5, 5.41) is 9.50. The fourth-order valence-corrected chi connectivity index (χ4v) is 4.67. The summed E-state index contributed by atoms with van der Waals surface area (Å²) in [6.45, 7) is 1.73. The van der Waals surface area contributed by atoms with Crippen molar-refractivity contribution in [1.29, 1.82) is 0 Å². The third-order valence-electron chi connectivity index (χ3n) is 5.15. The van der Waals surface area contributed by atoms with Gasteiger partial charge in [0.05, 0.1) is 10.9 Å². The molecule has 0 aliphatic carbocycles. The fourth-order valence-electron chi connectivity index (χ4n) is 3.67. The molecular weight excluding hydrogens is 367 g/mol. The highest BCUT2D eigenvalue weighted by Crippen LogP contribution is 2.36. The van der Waals surface area contributed by atoms with Crippen LogP contribution in [0.1, 0.15) is 41.7 Å². The molecule has 4 heterocycles. The van der Waals surface area contributed by atoms with Crippen molar-refractivity contribution >= 4 is 17.2 Å². The van der Waals surface area contributed by atoms with Gasteiger partial charge in [-0.1, -0.05) is 0 Å². The van der Waals surface area contributed by atoms with Crippen LogP contribution in [-0.4, -0.2) is 43.6 Å². The Morgan fingerprint density at radius 2 is 2.00 bits per heavy atom. The number of aryl methyl sites for hydroxylation is 1. The summed E-state index contributed by atoms with van der Waals surface area (Å²) in [5.74, 6) is 0.956. The van der Waals surface area contributed by atoms with Gasteiger partial charge in [-0.25, -0.2) is 4.98 Å². The minimum atomic E-state index is -4.40. The van der Waals surface area contributed by atoms with E-state index in [1.807, 2.05) is 9.47 Å². The normalized spacial score (nSPS) is 21.7. The molecule has 1 amide bonds. The summed E-state index contributed by atoms with van der Waals surface area (Å²) < 4.78 is 40.0. The van der Waals surface area contributed by atoms with Gasteiger partial charge in [0.25, 0.3) is 0 Å². The maximum Gasteiger partial charge on any atom is 0.434 e. The predicted octanol–water partition coefficient (Wildman–Crippen LogP) is 2.72. The van der Waals surface area contributed by atoms with Gasteiger partial charge in [-0.3, -0.25) is 4.79 Å². The second-order valence-corrected chi connectivity index (χ2v) is 7.69. The molecule has 0 aromatic carbocycles. The number of carbonyl (C=O) groups is 1. The SMILES string of the molecule is O=C([C@H]1CCc2nncn2C1)N1CCC(c2nc(C(F)(F)F)cs2)CC1. The zero-order valence-corrected chi connectivity index (χ0v) is 14.8. The average Bonchev–Trinajstić information content (AvgIpc) is 3.29. The zero-order chi connectivity index (χ0) is 18.3. The highest BCUT2D eigenvalue weighted by atomic mass is 32.1. The molecule has 2 aliphatic rings. The summed E-state index contributed by atoms with van der Waals surface area (Å²) in [6.07, 6.45) is 0.0719. The molecule has 4 rings (SSSR count). The standard InChI is InChI=1S/C16H18F3N5OS/c17-16(18,19)12-8-26-14(21-12)10-3-5-23(6-4-10)15(25)11-1-2-13-22-20-9-24(13)7-11/h8-11H,1-7H2/t11-/m0/s1. The summed E-state index contributed by atoms with van der Waals surface area (Å²) in [4.78, 5) is 18.4. The van der Waals surface area contributed by atoms with Gasteiger partial charge in [0, 0.05) is 37.4 Å². The summed E-state index contributed by atoms with van der Waals surface area (Å²) in [5.41, 5.74) is -0.817. The largest absolute Gasteiger partial charge is 0.434 e. The lowest BCUT2D eigenvalue weighted by molar-refractivity contribution is -0.140. The Kier molecular flexibility index (Phi) is 4.45. The Morgan fingerprint density at radius 3 is 2.69 bits per heavy atom. The van der Waals surface area contributed by atoms with Crippen molar-refractivity contribution in [2.45, 2.75) is 44.3 Å². The first kappa shape index (κ1) is 17.4. The maximum atomic E-state index is 12.8. The van der Waals surface area contributed by atoms with Gasteiger partial charge >= 0.3 is 6.18 Å². The fraction of sp³-hybridized carbons (Fsp3) is 0.625. The summed E-state index contributed by atoms with van der Waals surface area (Å²) in [7, 11) is 0. The Balaban J connectivity index is 1.35. The number of carbonyl (C=O) groups excluding carboxylic acids is 1. The number of rotatable bonds is 2. The quantitative estimate of drug-likeness (QED) is 0.797. The van der Waals surface area contributed by atoms with Crippen molar-refractivity contribution in [2.75, 3.05) is 13.1 Å². The van der Waals surface area contributed by atoms with Gasteiger partial charge in [-0.05, 0) is 19.3 Å². The number of aromatic nitrogens is 4. The van der Waals surface area contributed by atoms with Gasteiger partial charge in [0.15, 0.2) is 5.69 Å². The van der Waals surface area contributed by atoms with Crippen LogP contribution in [0.2, 0.25) is 0 Å². The average molecular weight is 385 g/mol. The van der Waals surface area contributed by atoms with E-state index < -0.39 is 11.9 Å². The van der Waals surface area contributed by atoms with Crippen LogP contribution in [0.4, 0.5) is 13.2 Å². The molecule has 0 saturated carbocycles. The van der Waals surface area contributed by atoms with Crippen molar-refractivity contribution in [1.82, 2.24) is 24.6 Å². The zero-order valence-electron chi connectivity index (χ0n) is 13.9. The van der Waals surface area contributed by atoms with Crippen LogP contribution in [0.5, 0.6) is 0 Å². The van der Waals surface area contributed by atoms with Gasteiger partial charge in [0.1, 0.15) is 12.2 Å². The lowest BCUT2D eigenvalue weighted by atomic mass is 9.93. The first-order valence-corrected chi connectivity index (χ1v) is 9.48. The monoisotopic (exact) mass is 385 g/mol. The van der Waals surface area contributed by atoms with E-state index in [-0.39, 0.29) is 17.7 Å². The van der Waals surface area contributed by atoms with Crippen LogP contribution in [-0.2, 0) is 23.9 Å². The Labute approximate surface area is 152 Å². The molecule has 2 aromatic heterocycles. The first-order valence-electron chi connectivity index (χ1n) is 8.60. The van der Waals surface area contributed by atoms with Crippen LogP contribution in [0.25, 0.3) is 0 Å². The lowest BCUT2D eigenvalue weighted by Gasteiger charge is -2.34. The molecule has 1 saturated heterocycles. The second-order valence-electron chi connectivity index (χ2n) is 6.80. The van der Waals surface area contributed by atoms with Crippen molar-refractivity contribution in [2.24, 2.45) is 5.92 Å². The molecule has 140 valence electrons. The molecule has 26 heavy (non-hydrogen) atoms. The van der Waals surface area contributed by atoms with Gasteiger partial charge < -0.3 is 9.47 Å². The number of fused-ring (bicyclic) bond motifs is 1. The predicted molar refractivity (Wildman–Crippen MR) is 87.5 cm³/mol. The number of likely N-dealkylation sites (tertiary alicyclic amines) is 1. The second kappa shape index (κ2) is 6.64. The number of hydrogen-bond acceptors (Lipinski definition) is 5. The lowest BCUT2D eigenvalue weighted by Crippen LogP contribution is -2.43. The number of thiazole rings is 1. The van der Waals surface area contributed by atoms with Gasteiger partial charge in [0.2, 0.25) is 5.91 Å². The number of piperidine rings is 1. The van der Waals surface area contributed by atoms with Crippen LogP contribution < -0.4 is 0 Å².